The quantitative estimate of drug-likeness (QED) is 0.0634. The number of halogens is 3. The summed E-state index contributed by atoms with van der Waals surface area (Å²) in [5.41, 5.74) is 13.9. The van der Waals surface area contributed by atoms with Crippen LogP contribution in [0.3, 0.4) is 0 Å². The Balaban J connectivity index is 0.901. The number of hydrogen-bond donors (Lipinski definition) is 2. The Bertz CT molecular complexity index is 3130. The van der Waals surface area contributed by atoms with Crippen molar-refractivity contribution in [2.75, 3.05) is 5.73 Å². The van der Waals surface area contributed by atoms with Crippen molar-refractivity contribution < 1.29 is 37.0 Å². The zero-order chi connectivity index (χ0) is 47.3. The van der Waals surface area contributed by atoms with Crippen molar-refractivity contribution in [3.05, 3.63) is 263 Å². The predicted molar refractivity (Wildman–Crippen MR) is 258 cm³/mol. The van der Waals surface area contributed by atoms with Crippen LogP contribution in [0.1, 0.15) is 61.4 Å². The number of ketones is 2. The summed E-state index contributed by atoms with van der Waals surface area (Å²) in [5, 5.41) is 0. The minimum Gasteiger partial charge on any atom is -0.458 e. The van der Waals surface area contributed by atoms with Gasteiger partial charge in [0.25, 0.3) is 0 Å². The number of ether oxygens (including phenoxy) is 3. The SMILES string of the molecule is NC1=CC(Oc2ccc(C(=O)c3ccc(Oc4ccc(C(c5ccccc5)(c5ccc(-c6ccc(C(=O)c7ccc(Oc8cccc(N)c8)cc7)cc6)cc5)C(F)(F)F)cc4)cc3)cc2)=CCC1. The summed E-state index contributed by atoms with van der Waals surface area (Å²) < 4.78 is 65.6. The van der Waals surface area contributed by atoms with Crippen LogP contribution >= 0.6 is 0 Å². The van der Waals surface area contributed by atoms with Crippen molar-refractivity contribution in [3.63, 3.8) is 0 Å². The van der Waals surface area contributed by atoms with Crippen molar-refractivity contribution in [3.8, 4) is 39.9 Å². The highest BCUT2D eigenvalue weighted by atomic mass is 19.4. The molecule has 0 saturated carbocycles. The zero-order valence-corrected chi connectivity index (χ0v) is 36.5. The molecular formula is C58H43F3N2O5. The number of alkyl halides is 3. The fraction of sp³-hybridized carbons (Fsp3) is 0.0690. The maximum atomic E-state index is 15.9. The van der Waals surface area contributed by atoms with Crippen molar-refractivity contribution in [2.24, 2.45) is 5.73 Å². The molecule has 1 atom stereocenters. The number of hydrogen-bond acceptors (Lipinski definition) is 7. The first-order valence-electron chi connectivity index (χ1n) is 21.8. The van der Waals surface area contributed by atoms with Gasteiger partial charge in [0, 0.05) is 39.7 Å². The molecule has 1 unspecified atom stereocenters. The fourth-order valence-electron chi connectivity index (χ4n) is 8.29. The van der Waals surface area contributed by atoms with Crippen LogP contribution < -0.4 is 25.7 Å². The third-order valence-electron chi connectivity index (χ3n) is 11.7. The van der Waals surface area contributed by atoms with E-state index >= 15 is 13.2 Å². The summed E-state index contributed by atoms with van der Waals surface area (Å²) in [6.45, 7) is 0. The summed E-state index contributed by atoms with van der Waals surface area (Å²) in [5.74, 6) is 2.71. The van der Waals surface area contributed by atoms with E-state index in [2.05, 4.69) is 0 Å². The number of nitrogen functional groups attached to an aromatic ring is 1. The van der Waals surface area contributed by atoms with E-state index in [9.17, 15) is 9.59 Å². The molecule has 1 aliphatic rings. The summed E-state index contributed by atoms with van der Waals surface area (Å²) >= 11 is 0. The van der Waals surface area contributed by atoms with Crippen LogP contribution in [0.4, 0.5) is 18.9 Å². The third kappa shape index (κ3) is 9.52. The van der Waals surface area contributed by atoms with Crippen molar-refractivity contribution >= 4 is 17.3 Å². The van der Waals surface area contributed by atoms with Gasteiger partial charge in [0.15, 0.2) is 11.6 Å². The van der Waals surface area contributed by atoms with Crippen molar-refractivity contribution in [1.82, 2.24) is 0 Å². The zero-order valence-electron chi connectivity index (χ0n) is 36.5. The molecule has 0 saturated heterocycles. The summed E-state index contributed by atoms with van der Waals surface area (Å²) in [4.78, 5) is 26.7. The highest BCUT2D eigenvalue weighted by molar-refractivity contribution is 6.09. The van der Waals surface area contributed by atoms with E-state index in [1.165, 1.54) is 48.5 Å². The monoisotopic (exact) mass is 904 g/mol. The molecule has 0 heterocycles. The normalized spacial score (nSPS) is 13.3. The number of anilines is 1. The van der Waals surface area contributed by atoms with Crippen LogP contribution in [0.2, 0.25) is 0 Å². The van der Waals surface area contributed by atoms with Crippen LogP contribution in [-0.4, -0.2) is 17.7 Å². The lowest BCUT2D eigenvalue weighted by Crippen LogP contribution is -2.44. The molecule has 0 fully saturated rings. The highest BCUT2D eigenvalue weighted by Gasteiger charge is 2.58. The van der Waals surface area contributed by atoms with E-state index in [1.807, 2.05) is 6.08 Å². The Morgan fingerprint density at radius 2 is 0.853 bits per heavy atom. The van der Waals surface area contributed by atoms with E-state index < -0.39 is 11.6 Å². The smallest absolute Gasteiger partial charge is 0.406 e. The Morgan fingerprint density at radius 1 is 0.441 bits per heavy atom. The minimum atomic E-state index is -4.77. The highest BCUT2D eigenvalue weighted by Crippen LogP contribution is 2.51. The average Bonchev–Trinajstić information content (AvgIpc) is 3.35. The van der Waals surface area contributed by atoms with E-state index in [0.29, 0.717) is 68.0 Å². The molecule has 10 heteroatoms. The first-order valence-corrected chi connectivity index (χ1v) is 21.8. The van der Waals surface area contributed by atoms with Crippen LogP contribution in [0.15, 0.2) is 224 Å². The number of carbonyl (C=O) groups excluding carboxylic acids is 2. The molecule has 0 aliphatic heterocycles. The number of carbonyl (C=O) groups is 2. The second-order valence-corrected chi connectivity index (χ2v) is 16.3. The van der Waals surface area contributed by atoms with Crippen molar-refractivity contribution in [2.45, 2.75) is 24.4 Å². The van der Waals surface area contributed by atoms with E-state index in [4.69, 9.17) is 25.7 Å². The molecule has 0 bridgehead atoms. The molecule has 0 spiro atoms. The van der Waals surface area contributed by atoms with Gasteiger partial charge in [0.2, 0.25) is 0 Å². The van der Waals surface area contributed by atoms with Gasteiger partial charge in [-0.3, -0.25) is 9.59 Å². The van der Waals surface area contributed by atoms with Crippen LogP contribution in [0.5, 0.6) is 28.7 Å². The second-order valence-electron chi connectivity index (χ2n) is 16.3. The molecule has 0 radical (unpaired) electrons. The van der Waals surface area contributed by atoms with E-state index in [1.54, 1.807) is 158 Å². The molecule has 336 valence electrons. The average molecular weight is 905 g/mol. The second kappa shape index (κ2) is 19.1. The lowest BCUT2D eigenvalue weighted by molar-refractivity contribution is -0.166. The predicted octanol–water partition coefficient (Wildman–Crippen LogP) is 13.8. The molecule has 8 aromatic carbocycles. The number of allylic oxidation sites excluding steroid dienone is 3. The minimum absolute atomic E-state index is 0.00283. The van der Waals surface area contributed by atoms with Gasteiger partial charge in [-0.1, -0.05) is 97.1 Å². The van der Waals surface area contributed by atoms with Crippen LogP contribution in [-0.2, 0) is 5.41 Å². The van der Waals surface area contributed by atoms with Gasteiger partial charge in [-0.25, -0.2) is 0 Å². The molecule has 0 aromatic heterocycles. The molecule has 68 heavy (non-hydrogen) atoms. The van der Waals surface area contributed by atoms with Crippen LogP contribution in [0.25, 0.3) is 11.1 Å². The fourth-order valence-corrected chi connectivity index (χ4v) is 8.29. The molecule has 4 N–H and O–H groups in total. The maximum Gasteiger partial charge on any atom is 0.406 e. The maximum absolute atomic E-state index is 15.9. The van der Waals surface area contributed by atoms with Gasteiger partial charge in [0.1, 0.15) is 39.9 Å². The summed E-state index contributed by atoms with van der Waals surface area (Å²) in [7, 11) is 0. The Labute approximate surface area is 391 Å². The third-order valence-corrected chi connectivity index (χ3v) is 11.7. The number of benzene rings is 8. The summed E-state index contributed by atoms with van der Waals surface area (Å²) in [6.07, 6.45) is 0.581. The van der Waals surface area contributed by atoms with Gasteiger partial charge in [0.05, 0.1) is 0 Å². The Morgan fingerprint density at radius 3 is 1.32 bits per heavy atom. The van der Waals surface area contributed by atoms with E-state index in [0.717, 1.165) is 24.1 Å². The Kier molecular flexibility index (Phi) is 12.5. The summed E-state index contributed by atoms with van der Waals surface area (Å²) in [6, 6.07) is 54.2. The molecule has 9 rings (SSSR count). The van der Waals surface area contributed by atoms with Crippen molar-refractivity contribution in [1.29, 1.82) is 0 Å². The van der Waals surface area contributed by atoms with Gasteiger partial charge in [-0.05, 0) is 150 Å². The van der Waals surface area contributed by atoms with Crippen LogP contribution in [0, 0.1) is 0 Å². The number of nitrogens with two attached hydrogens (primary N) is 2. The molecule has 0 amide bonds. The van der Waals surface area contributed by atoms with E-state index in [-0.39, 0.29) is 28.3 Å². The molecule has 1 aliphatic carbocycles. The lowest BCUT2D eigenvalue weighted by Gasteiger charge is -2.37. The largest absolute Gasteiger partial charge is 0.458 e. The number of rotatable bonds is 14. The lowest BCUT2D eigenvalue weighted by atomic mass is 9.68. The molecule has 7 nitrogen and oxygen atoms in total. The topological polar surface area (TPSA) is 114 Å². The first-order chi connectivity index (χ1) is 32.9. The standard InChI is InChI=1S/C58H43F3N2O5/c59-58(60,61)57(44-6-2-1-3-7-44,45-24-16-39(17-25-45)38-12-14-40(15-13-38)55(64)41-20-30-50(31-21-41)67-53-10-4-8-47(62)36-53)46-26-34-52(35-27-46)66-49-28-18-42(19-29-49)56(65)43-22-32-51(33-23-43)68-54-11-5-9-48(63)37-54/h1-4,6-8,10-37H,5,9,62-63H2. The molecule has 8 aromatic rings. The first kappa shape index (κ1) is 44.6. The van der Waals surface area contributed by atoms with Gasteiger partial charge < -0.3 is 25.7 Å². The van der Waals surface area contributed by atoms with Gasteiger partial charge in [-0.15, -0.1) is 0 Å². The van der Waals surface area contributed by atoms with Gasteiger partial charge >= 0.3 is 6.18 Å². The molecular weight excluding hydrogens is 862 g/mol. The Hall–Kier alpha value is -8.63. The van der Waals surface area contributed by atoms with Gasteiger partial charge in [-0.2, -0.15) is 13.2 Å².